The number of ether oxygens (including phenoxy) is 14. The van der Waals surface area contributed by atoms with Gasteiger partial charge in [0.1, 0.15) is 11.6 Å². The Kier molecular flexibility index (Phi) is 64.4. The molecule has 0 aromatic rings. The van der Waals surface area contributed by atoms with E-state index in [4.69, 9.17) is 66.3 Å². The summed E-state index contributed by atoms with van der Waals surface area (Å²) in [5, 5.41) is 0. The van der Waals surface area contributed by atoms with Crippen LogP contribution in [0.15, 0.2) is 0 Å². The van der Waals surface area contributed by atoms with Crippen LogP contribution in [0.2, 0.25) is 0 Å². The Morgan fingerprint density at radius 3 is 0.777 bits per heavy atom. The van der Waals surface area contributed by atoms with Gasteiger partial charge in [-0.2, -0.15) is 0 Å². The lowest BCUT2D eigenvalue weighted by molar-refractivity contribution is -0.194. The second-order valence-corrected chi connectivity index (χ2v) is 49.1. The molecular formula is C125H236O23. The number of carbonyl (C=O) groups is 9. The Hall–Kier alpha value is -4.65. The zero-order valence-electron chi connectivity index (χ0n) is 85.9. The summed E-state index contributed by atoms with van der Waals surface area (Å²) in [6.07, 6.45) is 49.0. The van der Waals surface area contributed by atoms with Gasteiger partial charge in [-0.1, -0.05) is 180 Å². The van der Waals surface area contributed by atoms with Crippen molar-refractivity contribution in [1.29, 1.82) is 0 Å². The van der Waals surface area contributed by atoms with Crippen LogP contribution in [-0.4, -0.2) is 145 Å². The van der Waals surface area contributed by atoms with Crippen LogP contribution in [0.1, 0.15) is 479 Å². The van der Waals surface area contributed by atoms with Crippen molar-refractivity contribution >= 4 is 53.4 Å². The molecule has 23 nitrogen and oxygen atoms in total. The summed E-state index contributed by atoms with van der Waals surface area (Å²) in [5.74, 6) is 15.0. The lowest BCUT2D eigenvalue weighted by Crippen LogP contribution is -2.55. The van der Waals surface area contributed by atoms with Gasteiger partial charge in [-0.25, -0.2) is 0 Å². The molecule has 0 N–H and O–H groups in total. The zero-order chi connectivity index (χ0) is 96.1. The SMILES string of the molecule is C.C.C.C.C.C.C.C.C.C.C.C.C.C.CCC(C)(C)C(=O)OCOC1C2CC3CC(C2)C(=O)C1C3.CCC(C)(C)C(=O)OCOC1CC2CCC1C2.CCC(C)(C)C(=O)OCOCC12CC3CC(CC(C3)C1)C2.CCC(C)C(=O)OCOC1C2CC3CC(C2)C(=O)C1C3.CCC(C)C(=O)OCOC1C2CC3CC(C2)CC1C3.CCC(C)C(=O)OCOC1CC2CCC1C2.CCC(C)C(=O)OCOCC12CC3CC(CC(C3)C1)C2. The molecular weight excluding hydrogens is 1870 g/mol. The van der Waals surface area contributed by atoms with Crippen molar-refractivity contribution < 1.29 is 109 Å². The fourth-order valence-corrected chi connectivity index (χ4v) is 29.4. The van der Waals surface area contributed by atoms with Gasteiger partial charge >= 0.3 is 41.8 Å². The number of carbonyl (C=O) groups excluding carboxylic acids is 9. The van der Waals surface area contributed by atoms with E-state index in [0.717, 1.165) is 191 Å². The van der Waals surface area contributed by atoms with E-state index in [1.54, 1.807) is 0 Å². The summed E-state index contributed by atoms with van der Waals surface area (Å²) in [4.78, 5) is 106. The highest BCUT2D eigenvalue weighted by molar-refractivity contribution is 5.87. The van der Waals surface area contributed by atoms with E-state index >= 15 is 0 Å². The molecule has 24 saturated carbocycles. The number of hydrogen-bond acceptors (Lipinski definition) is 23. The minimum absolute atomic E-state index is 0. The zero-order valence-corrected chi connectivity index (χ0v) is 85.9. The molecule has 0 aliphatic heterocycles. The van der Waals surface area contributed by atoms with E-state index in [9.17, 15) is 43.2 Å². The van der Waals surface area contributed by atoms with Gasteiger partial charge in [-0.15, -0.1) is 0 Å². The van der Waals surface area contributed by atoms with Crippen LogP contribution in [0.5, 0.6) is 0 Å². The van der Waals surface area contributed by atoms with Crippen molar-refractivity contribution in [2.75, 3.05) is 60.8 Å². The number of ketones is 2. The third-order valence-electron chi connectivity index (χ3n) is 38.0. The number of esters is 7. The smallest absolute Gasteiger partial charge is 0.313 e. The molecule has 24 aliphatic carbocycles. The summed E-state index contributed by atoms with van der Waals surface area (Å²) in [6, 6.07) is 0. The van der Waals surface area contributed by atoms with Crippen LogP contribution in [0.4, 0.5) is 0 Å². The van der Waals surface area contributed by atoms with Gasteiger partial charge in [0.2, 0.25) is 0 Å². The molecule has 874 valence electrons. The average Bonchev–Trinajstić information content (AvgIpc) is 0.906. The van der Waals surface area contributed by atoms with Crippen LogP contribution in [-0.2, 0) is 109 Å². The first-order chi connectivity index (χ1) is 63.9. The van der Waals surface area contributed by atoms with E-state index in [0.29, 0.717) is 58.5 Å². The predicted octanol–water partition coefficient (Wildman–Crippen LogP) is 31.6. The van der Waals surface area contributed by atoms with Crippen molar-refractivity contribution in [3.8, 4) is 0 Å². The molecule has 24 bridgehead atoms. The molecule has 0 aromatic heterocycles. The number of hydrogen-bond donors (Lipinski definition) is 0. The van der Waals surface area contributed by atoms with Gasteiger partial charge in [0.25, 0.3) is 0 Å². The highest BCUT2D eigenvalue weighted by Crippen LogP contribution is 2.63. The second-order valence-electron chi connectivity index (χ2n) is 49.1. The van der Waals surface area contributed by atoms with E-state index in [-0.39, 0.29) is 247 Å². The molecule has 0 radical (unpaired) electrons. The molecule has 24 rings (SSSR count). The van der Waals surface area contributed by atoms with E-state index in [1.165, 1.54) is 173 Å². The fourth-order valence-electron chi connectivity index (χ4n) is 29.4. The third-order valence-corrected chi connectivity index (χ3v) is 38.0. The fraction of sp³-hybridized carbons (Fsp3) is 0.928. The molecule has 20 atom stereocenters. The van der Waals surface area contributed by atoms with Crippen molar-refractivity contribution in [2.24, 2.45) is 181 Å². The van der Waals surface area contributed by atoms with Crippen molar-refractivity contribution in [3.05, 3.63) is 0 Å². The van der Waals surface area contributed by atoms with Gasteiger partial charge < -0.3 is 66.3 Å². The molecule has 148 heavy (non-hydrogen) atoms. The summed E-state index contributed by atoms with van der Waals surface area (Å²) >= 11 is 0. The molecule has 0 heterocycles. The summed E-state index contributed by atoms with van der Waals surface area (Å²) < 4.78 is 76.9. The van der Waals surface area contributed by atoms with Crippen molar-refractivity contribution in [2.45, 2.75) is 509 Å². The monoisotopic (exact) mass is 2110 g/mol. The van der Waals surface area contributed by atoms with Gasteiger partial charge in [0.05, 0.1) is 83.7 Å². The molecule has 23 heteroatoms. The van der Waals surface area contributed by atoms with Crippen LogP contribution >= 0.6 is 0 Å². The Balaban J connectivity index is 0. The van der Waals surface area contributed by atoms with Crippen molar-refractivity contribution in [3.63, 3.8) is 0 Å². The molecule has 0 spiro atoms. The maximum Gasteiger partial charge on any atom is 0.313 e. The largest absolute Gasteiger partial charge is 0.438 e. The Bertz CT molecular complexity index is 3730. The maximum absolute atomic E-state index is 12.3. The third kappa shape index (κ3) is 37.5. The van der Waals surface area contributed by atoms with E-state index < -0.39 is 16.2 Å². The second kappa shape index (κ2) is 65.5. The quantitative estimate of drug-likeness (QED) is 0.0242. The Morgan fingerprint density at radius 1 is 0.264 bits per heavy atom. The van der Waals surface area contributed by atoms with E-state index in [2.05, 4.69) is 0 Å². The summed E-state index contributed by atoms with van der Waals surface area (Å²) in [6.45, 7) is 35.2. The number of Topliss-reactive ketones (excluding diaryl/α,β-unsaturated/α-hetero) is 2. The summed E-state index contributed by atoms with van der Waals surface area (Å²) in [5.41, 5.74) is -0.440. The van der Waals surface area contributed by atoms with Crippen LogP contribution < -0.4 is 0 Å². The number of rotatable bonds is 37. The van der Waals surface area contributed by atoms with Crippen LogP contribution in [0.25, 0.3) is 0 Å². The first-order valence-electron chi connectivity index (χ1n) is 54.4. The lowest BCUT2D eigenvalue weighted by atomic mass is 9.50. The predicted molar refractivity (Wildman–Crippen MR) is 601 cm³/mol. The standard InChI is InChI=1S/C18H30O3.C17H26O4.C17H28O3.C16H24O4.C16H26O3.C14H24O3.C13H22O3.14CH4/c1-4-17(2,3)16(19)21-12-20-11-18-8-13-5-14(9-18)7-15(6-13)10-18;1-4-17(2,3)16(19)21-9-20-15-12-6-10-5-11(8-12)14(18)13(15)7-10;1-3-12(2)16(18)20-11-19-10-17-7-13-4-14(8-17)6-15(5-13)9-17;1-3-9(2)16(18)20-8-19-15-12-5-10-4-11(7-12)14(17)13(15)6-10;1-3-10(2)16(17)19-9-18-15-13-5-11-4-12(7-13)8-14(15)6-11;1-4-14(2,3)13(15)17-9-16-12-8-10-5-6-11(12)7-10;1-3-9(2)13(14)16-8-15-12-7-10-4-5-11(12)6-10;;;;;;;;;;;;;;/h13-15H,4-12H2,1-3H3;10-13,15H,4-9H2,1-3H3;12-15H,3-11H2,1-2H3;9-13,15H,3-8H2,1-2H3;10-15H,3-9H2,1-2H3;10-12H,4-9H2,1-3H3;9-12H,3-8H2,1-2H3;14*1H4. The van der Waals surface area contributed by atoms with Gasteiger partial charge in [-0.05, 0) is 416 Å². The highest BCUT2D eigenvalue weighted by atomic mass is 16.7. The van der Waals surface area contributed by atoms with Gasteiger partial charge in [0, 0.05) is 23.7 Å². The minimum atomic E-state index is -0.469. The lowest BCUT2D eigenvalue weighted by Gasteiger charge is -2.56. The molecule has 20 unspecified atom stereocenters. The molecule has 0 amide bonds. The van der Waals surface area contributed by atoms with Gasteiger partial charge in [0.15, 0.2) is 47.6 Å². The van der Waals surface area contributed by atoms with Crippen LogP contribution in [0, 0.1) is 181 Å². The first-order valence-corrected chi connectivity index (χ1v) is 54.4. The van der Waals surface area contributed by atoms with Crippen LogP contribution in [0.3, 0.4) is 0 Å². The van der Waals surface area contributed by atoms with Gasteiger partial charge in [-0.3, -0.25) is 43.2 Å². The summed E-state index contributed by atoms with van der Waals surface area (Å²) in [7, 11) is 0. The normalized spacial score (nSPS) is 34.1. The molecule has 0 saturated heterocycles. The van der Waals surface area contributed by atoms with E-state index in [1.807, 2.05) is 118 Å². The molecule has 24 fully saturated rings. The average molecular weight is 2110 g/mol. The molecule has 0 aromatic carbocycles. The minimum Gasteiger partial charge on any atom is -0.438 e. The van der Waals surface area contributed by atoms with Crippen molar-refractivity contribution in [1.82, 2.24) is 0 Å². The Labute approximate surface area is 908 Å². The maximum atomic E-state index is 12.3. The number of fused-ring (bicyclic) bond motifs is 4. The Morgan fingerprint density at radius 2 is 0.500 bits per heavy atom. The molecule has 24 aliphatic rings. The highest BCUT2D eigenvalue weighted by Gasteiger charge is 2.58. The topological polar surface area (TPSA) is 283 Å². The first kappa shape index (κ1) is 145.